The standard InChI is InChI=1S/C23H24ClNO7S/c24-17-11-18(25-22(27)23(28)29)15-6-3-7-16(15)21(17)32-14-8-9-19(26)20(10-14)33(30,31)12-13-4-1-2-5-13/h8-11,13,26H,1-7,12H2,(H,25,27)(H,28,29). The highest BCUT2D eigenvalue weighted by Crippen LogP contribution is 2.44. The first-order chi connectivity index (χ1) is 15.7. The van der Waals surface area contributed by atoms with Gasteiger partial charge in [-0.3, -0.25) is 4.79 Å². The summed E-state index contributed by atoms with van der Waals surface area (Å²) in [6.07, 6.45) is 5.73. The molecule has 10 heteroatoms. The molecule has 0 spiro atoms. The zero-order valence-corrected chi connectivity index (χ0v) is 19.3. The Bertz CT molecular complexity index is 1220. The fourth-order valence-electron chi connectivity index (χ4n) is 4.61. The molecule has 33 heavy (non-hydrogen) atoms. The number of hydrogen-bond acceptors (Lipinski definition) is 6. The molecule has 0 unspecified atom stereocenters. The number of phenols is 1. The first-order valence-corrected chi connectivity index (χ1v) is 12.8. The lowest BCUT2D eigenvalue weighted by Crippen LogP contribution is -2.22. The number of amides is 1. The lowest BCUT2D eigenvalue weighted by Gasteiger charge is -2.17. The Morgan fingerprint density at radius 3 is 2.48 bits per heavy atom. The first-order valence-electron chi connectivity index (χ1n) is 10.8. The summed E-state index contributed by atoms with van der Waals surface area (Å²) in [4.78, 5) is 22.4. The van der Waals surface area contributed by atoms with E-state index in [9.17, 15) is 23.1 Å². The van der Waals surface area contributed by atoms with Gasteiger partial charge in [0.2, 0.25) is 0 Å². The number of aromatic hydroxyl groups is 1. The van der Waals surface area contributed by atoms with Crippen LogP contribution in [0, 0.1) is 5.92 Å². The molecule has 176 valence electrons. The van der Waals surface area contributed by atoms with Crippen LogP contribution in [0.5, 0.6) is 17.2 Å². The molecular formula is C23H24ClNO7S. The van der Waals surface area contributed by atoms with Gasteiger partial charge < -0.3 is 20.3 Å². The number of carboxylic acid groups (broad SMARTS) is 1. The predicted molar refractivity (Wildman–Crippen MR) is 122 cm³/mol. The van der Waals surface area contributed by atoms with Crippen molar-refractivity contribution in [2.24, 2.45) is 5.92 Å². The van der Waals surface area contributed by atoms with Crippen molar-refractivity contribution in [1.29, 1.82) is 0 Å². The van der Waals surface area contributed by atoms with Crippen LogP contribution >= 0.6 is 11.6 Å². The Morgan fingerprint density at radius 2 is 1.79 bits per heavy atom. The molecule has 4 rings (SSSR count). The number of ether oxygens (including phenoxy) is 1. The minimum atomic E-state index is -3.71. The molecule has 3 N–H and O–H groups in total. The average molecular weight is 494 g/mol. The maximum Gasteiger partial charge on any atom is 0.394 e. The molecule has 0 radical (unpaired) electrons. The fraction of sp³-hybridized carbons (Fsp3) is 0.391. The minimum Gasteiger partial charge on any atom is -0.507 e. The van der Waals surface area contributed by atoms with Crippen LogP contribution in [-0.2, 0) is 32.3 Å². The van der Waals surface area contributed by atoms with E-state index >= 15 is 0 Å². The maximum absolute atomic E-state index is 12.9. The molecule has 2 aliphatic carbocycles. The van der Waals surface area contributed by atoms with E-state index in [0.29, 0.717) is 24.3 Å². The molecule has 8 nitrogen and oxygen atoms in total. The van der Waals surface area contributed by atoms with Crippen molar-refractivity contribution in [3.05, 3.63) is 40.4 Å². The molecule has 1 saturated carbocycles. The van der Waals surface area contributed by atoms with Crippen LogP contribution in [0.3, 0.4) is 0 Å². The predicted octanol–water partition coefficient (Wildman–Crippen LogP) is 4.31. The van der Waals surface area contributed by atoms with Gasteiger partial charge in [-0.1, -0.05) is 24.4 Å². The van der Waals surface area contributed by atoms with E-state index in [1.54, 1.807) is 0 Å². The summed E-state index contributed by atoms with van der Waals surface area (Å²) in [6.45, 7) is 0. The number of carbonyl (C=O) groups is 2. The summed E-state index contributed by atoms with van der Waals surface area (Å²) in [7, 11) is -3.71. The number of nitrogens with one attached hydrogen (secondary N) is 1. The molecule has 2 aliphatic rings. The second-order valence-corrected chi connectivity index (χ2v) is 10.9. The molecule has 0 bridgehead atoms. The summed E-state index contributed by atoms with van der Waals surface area (Å²) in [5.41, 5.74) is 1.78. The highest BCUT2D eigenvalue weighted by molar-refractivity contribution is 7.91. The van der Waals surface area contributed by atoms with Crippen LogP contribution in [0.4, 0.5) is 5.69 Å². The lowest BCUT2D eigenvalue weighted by atomic mass is 10.1. The third-order valence-corrected chi connectivity index (χ3v) is 8.35. The van der Waals surface area contributed by atoms with Crippen LogP contribution < -0.4 is 10.1 Å². The molecular weight excluding hydrogens is 470 g/mol. The number of fused-ring (bicyclic) bond motifs is 1. The SMILES string of the molecule is O=C(O)C(=O)Nc1cc(Cl)c(Oc2ccc(O)c(S(=O)(=O)CC3CCCC3)c2)c2c1CCC2. The Labute approximate surface area is 196 Å². The van der Waals surface area contributed by atoms with E-state index in [4.69, 9.17) is 21.4 Å². The number of anilines is 1. The van der Waals surface area contributed by atoms with E-state index in [-0.39, 0.29) is 33.1 Å². The monoisotopic (exact) mass is 493 g/mol. The Morgan fingerprint density at radius 1 is 1.09 bits per heavy atom. The van der Waals surface area contributed by atoms with Gasteiger partial charge in [-0.2, -0.15) is 0 Å². The van der Waals surface area contributed by atoms with E-state index in [1.807, 2.05) is 0 Å². The summed E-state index contributed by atoms with van der Waals surface area (Å²) >= 11 is 6.41. The second kappa shape index (κ2) is 9.23. The topological polar surface area (TPSA) is 130 Å². The van der Waals surface area contributed by atoms with Crippen molar-refractivity contribution >= 4 is 39.0 Å². The molecule has 2 aromatic rings. The number of rotatable bonds is 6. The van der Waals surface area contributed by atoms with Crippen molar-refractivity contribution in [3.63, 3.8) is 0 Å². The number of carbonyl (C=O) groups excluding carboxylic acids is 1. The van der Waals surface area contributed by atoms with Gasteiger partial charge in [-0.05, 0) is 61.8 Å². The maximum atomic E-state index is 12.9. The van der Waals surface area contributed by atoms with E-state index < -0.39 is 21.7 Å². The van der Waals surface area contributed by atoms with Crippen LogP contribution in [0.2, 0.25) is 5.02 Å². The normalized spacial score (nSPS) is 15.9. The summed E-state index contributed by atoms with van der Waals surface area (Å²) in [5, 5.41) is 21.6. The van der Waals surface area contributed by atoms with Gasteiger partial charge in [0, 0.05) is 17.3 Å². The second-order valence-electron chi connectivity index (χ2n) is 8.47. The minimum absolute atomic E-state index is 0.0157. The highest BCUT2D eigenvalue weighted by Gasteiger charge is 2.28. The largest absolute Gasteiger partial charge is 0.507 e. The van der Waals surface area contributed by atoms with Gasteiger partial charge in [0.1, 0.15) is 22.1 Å². The number of phenolic OH excluding ortho intramolecular Hbond substituents is 1. The Hall–Kier alpha value is -2.78. The van der Waals surface area contributed by atoms with Gasteiger partial charge in [0.15, 0.2) is 9.84 Å². The molecule has 0 atom stereocenters. The molecule has 0 heterocycles. The van der Waals surface area contributed by atoms with Crippen LogP contribution in [0.15, 0.2) is 29.2 Å². The number of halogens is 1. The first kappa shape index (κ1) is 23.4. The molecule has 0 aliphatic heterocycles. The summed E-state index contributed by atoms with van der Waals surface area (Å²) < 4.78 is 31.9. The van der Waals surface area contributed by atoms with Gasteiger partial charge >= 0.3 is 11.9 Å². The van der Waals surface area contributed by atoms with Crippen LogP contribution in [0.25, 0.3) is 0 Å². The zero-order valence-electron chi connectivity index (χ0n) is 17.8. The molecule has 1 fully saturated rings. The van der Waals surface area contributed by atoms with Crippen molar-refractivity contribution in [2.45, 2.75) is 49.8 Å². The number of aliphatic carboxylic acids is 1. The van der Waals surface area contributed by atoms with Crippen molar-refractivity contribution in [3.8, 4) is 17.2 Å². The van der Waals surface area contributed by atoms with Crippen molar-refractivity contribution in [2.75, 3.05) is 11.1 Å². The van der Waals surface area contributed by atoms with Gasteiger partial charge in [0.05, 0.1) is 10.8 Å². The van der Waals surface area contributed by atoms with Crippen molar-refractivity contribution in [1.82, 2.24) is 0 Å². The molecule has 0 aromatic heterocycles. The number of carboxylic acids is 1. The smallest absolute Gasteiger partial charge is 0.394 e. The van der Waals surface area contributed by atoms with Gasteiger partial charge in [-0.25, -0.2) is 13.2 Å². The summed E-state index contributed by atoms with van der Waals surface area (Å²) in [5.74, 6) is -2.50. The molecule has 0 saturated heterocycles. The van der Waals surface area contributed by atoms with Gasteiger partial charge in [-0.15, -0.1) is 0 Å². The van der Waals surface area contributed by atoms with E-state index in [2.05, 4.69) is 5.32 Å². The van der Waals surface area contributed by atoms with E-state index in [1.165, 1.54) is 24.3 Å². The number of hydrogen-bond donors (Lipinski definition) is 3. The van der Waals surface area contributed by atoms with Crippen LogP contribution in [-0.4, -0.2) is 36.3 Å². The number of benzene rings is 2. The summed E-state index contributed by atoms with van der Waals surface area (Å²) in [6, 6.07) is 5.48. The fourth-order valence-corrected chi connectivity index (χ4v) is 6.69. The quantitative estimate of drug-likeness (QED) is 0.511. The van der Waals surface area contributed by atoms with Crippen molar-refractivity contribution < 1.29 is 33.0 Å². The third-order valence-electron chi connectivity index (χ3n) is 6.16. The van der Waals surface area contributed by atoms with E-state index in [0.717, 1.165) is 43.2 Å². The highest BCUT2D eigenvalue weighted by atomic mass is 35.5. The average Bonchev–Trinajstić information content (AvgIpc) is 3.43. The Kier molecular flexibility index (Phi) is 6.54. The van der Waals surface area contributed by atoms with Crippen LogP contribution in [0.1, 0.15) is 43.2 Å². The lowest BCUT2D eigenvalue weighted by molar-refractivity contribution is -0.147. The molecule has 2 aromatic carbocycles. The zero-order chi connectivity index (χ0) is 23.8. The molecule has 1 amide bonds. The van der Waals surface area contributed by atoms with Gasteiger partial charge in [0.25, 0.3) is 0 Å². The Balaban J connectivity index is 1.64. The third kappa shape index (κ3) is 4.94. The number of sulfone groups is 1.